The lowest BCUT2D eigenvalue weighted by molar-refractivity contribution is -0.187. The van der Waals surface area contributed by atoms with Gasteiger partial charge in [-0.1, -0.05) is 6.42 Å². The van der Waals surface area contributed by atoms with Crippen molar-refractivity contribution in [2.75, 3.05) is 19.6 Å². The van der Waals surface area contributed by atoms with Crippen LogP contribution in [0.1, 0.15) is 32.6 Å². The Morgan fingerprint density at radius 2 is 2.00 bits per heavy atom. The monoisotopic (exact) mass is 314 g/mol. The van der Waals surface area contributed by atoms with E-state index in [-0.39, 0.29) is 37.2 Å². The van der Waals surface area contributed by atoms with Gasteiger partial charge in [-0.2, -0.15) is 13.2 Å². The van der Waals surface area contributed by atoms with Crippen molar-refractivity contribution >= 4 is 18.3 Å². The fraction of sp³-hybridized carbons (Fsp3) is 0.923. The topological polar surface area (TPSA) is 32.3 Å². The first-order valence-electron chi connectivity index (χ1n) is 6.97. The lowest BCUT2D eigenvalue weighted by Crippen LogP contribution is -2.54. The molecule has 2 fully saturated rings. The Morgan fingerprint density at radius 3 is 2.60 bits per heavy atom. The highest BCUT2D eigenvalue weighted by molar-refractivity contribution is 5.85. The van der Waals surface area contributed by atoms with Crippen LogP contribution in [0.3, 0.4) is 0 Å². The summed E-state index contributed by atoms with van der Waals surface area (Å²) in [5, 5.41) is 3.18. The minimum atomic E-state index is -4.16. The summed E-state index contributed by atoms with van der Waals surface area (Å²) >= 11 is 0. The minimum absolute atomic E-state index is 0. The van der Waals surface area contributed by atoms with E-state index in [1.54, 1.807) is 4.90 Å². The van der Waals surface area contributed by atoms with E-state index in [4.69, 9.17) is 0 Å². The molecule has 7 heteroatoms. The van der Waals surface area contributed by atoms with Gasteiger partial charge in [-0.15, -0.1) is 12.4 Å². The van der Waals surface area contributed by atoms with Crippen molar-refractivity contribution in [3.05, 3.63) is 0 Å². The zero-order chi connectivity index (χ0) is 14.0. The molecule has 0 spiro atoms. The van der Waals surface area contributed by atoms with E-state index in [1.165, 1.54) is 0 Å². The first-order valence-corrected chi connectivity index (χ1v) is 6.97. The number of nitrogens with one attached hydrogen (secondary N) is 1. The van der Waals surface area contributed by atoms with Crippen molar-refractivity contribution in [1.29, 1.82) is 0 Å². The molecule has 1 saturated carbocycles. The van der Waals surface area contributed by atoms with Gasteiger partial charge in [0.25, 0.3) is 0 Å². The van der Waals surface area contributed by atoms with Crippen molar-refractivity contribution in [1.82, 2.24) is 10.2 Å². The maximum absolute atomic E-state index is 12.8. The maximum atomic E-state index is 12.8. The molecule has 2 aliphatic rings. The summed E-state index contributed by atoms with van der Waals surface area (Å²) < 4.78 is 38.3. The molecule has 3 atom stereocenters. The number of carbonyl (C=O) groups is 1. The quantitative estimate of drug-likeness (QED) is 0.807. The standard InChI is InChI=1S/C13H21F3N2O.ClH/c1-9-8-17-5-6-18(9)12(19)10-3-2-4-11(7-10)13(14,15)16;/h9-11,17H,2-8H2,1H3;1H/t9-,10?,11?;/m0./s1. The molecule has 0 aromatic heterocycles. The third-order valence-corrected chi connectivity index (χ3v) is 4.27. The number of hydrogen-bond donors (Lipinski definition) is 1. The molecule has 2 unspecified atom stereocenters. The number of amides is 1. The Kier molecular flexibility index (Phi) is 6.13. The second-order valence-corrected chi connectivity index (χ2v) is 5.69. The summed E-state index contributed by atoms with van der Waals surface area (Å²) in [5.74, 6) is -1.82. The minimum Gasteiger partial charge on any atom is -0.337 e. The second-order valence-electron chi connectivity index (χ2n) is 5.69. The van der Waals surface area contributed by atoms with Crippen LogP contribution in [0.15, 0.2) is 0 Å². The fourth-order valence-electron chi connectivity index (χ4n) is 3.11. The number of piperazine rings is 1. The molecule has 1 amide bonds. The van der Waals surface area contributed by atoms with E-state index in [0.717, 1.165) is 13.1 Å². The van der Waals surface area contributed by atoms with E-state index < -0.39 is 18.0 Å². The SMILES string of the molecule is C[C@H]1CNCCN1C(=O)C1CCCC(C(F)(F)F)C1.Cl. The van der Waals surface area contributed by atoms with Crippen LogP contribution in [-0.4, -0.2) is 42.7 Å². The summed E-state index contributed by atoms with van der Waals surface area (Å²) in [6.45, 7) is 3.99. The number of hydrogen-bond acceptors (Lipinski definition) is 2. The predicted molar refractivity (Wildman–Crippen MR) is 72.8 cm³/mol. The molecule has 1 aliphatic heterocycles. The molecule has 1 heterocycles. The normalized spacial score (nSPS) is 31.6. The smallest absolute Gasteiger partial charge is 0.337 e. The van der Waals surface area contributed by atoms with Gasteiger partial charge in [-0.05, 0) is 26.2 Å². The number of halogens is 4. The second kappa shape index (κ2) is 6.98. The molecular weight excluding hydrogens is 293 g/mol. The maximum Gasteiger partial charge on any atom is 0.391 e. The molecule has 118 valence electrons. The van der Waals surface area contributed by atoms with Crippen LogP contribution in [0.2, 0.25) is 0 Å². The summed E-state index contributed by atoms with van der Waals surface area (Å²) in [5.41, 5.74) is 0. The predicted octanol–water partition coefficient (Wildman–Crippen LogP) is 2.60. The van der Waals surface area contributed by atoms with Gasteiger partial charge in [0.1, 0.15) is 0 Å². The number of rotatable bonds is 1. The van der Waals surface area contributed by atoms with Crippen LogP contribution in [0.5, 0.6) is 0 Å². The van der Waals surface area contributed by atoms with Crippen molar-refractivity contribution in [3.8, 4) is 0 Å². The van der Waals surface area contributed by atoms with E-state index in [2.05, 4.69) is 5.32 Å². The molecule has 1 aliphatic carbocycles. The van der Waals surface area contributed by atoms with Gasteiger partial charge in [0, 0.05) is 31.6 Å². The van der Waals surface area contributed by atoms with E-state index >= 15 is 0 Å². The summed E-state index contributed by atoms with van der Waals surface area (Å²) in [4.78, 5) is 14.1. The molecule has 1 N–H and O–H groups in total. The van der Waals surface area contributed by atoms with Gasteiger partial charge in [0.2, 0.25) is 5.91 Å². The van der Waals surface area contributed by atoms with Gasteiger partial charge in [0.15, 0.2) is 0 Å². The van der Waals surface area contributed by atoms with E-state index in [9.17, 15) is 18.0 Å². The highest BCUT2D eigenvalue weighted by atomic mass is 35.5. The van der Waals surface area contributed by atoms with Gasteiger partial charge in [-0.3, -0.25) is 4.79 Å². The zero-order valence-electron chi connectivity index (χ0n) is 11.6. The molecule has 0 aromatic rings. The summed E-state index contributed by atoms with van der Waals surface area (Å²) in [6, 6.07) is 0.0764. The van der Waals surface area contributed by atoms with Gasteiger partial charge >= 0.3 is 6.18 Å². The van der Waals surface area contributed by atoms with E-state index in [0.29, 0.717) is 19.4 Å². The zero-order valence-corrected chi connectivity index (χ0v) is 12.4. The average Bonchev–Trinajstić information content (AvgIpc) is 2.38. The van der Waals surface area contributed by atoms with Crippen molar-refractivity contribution in [2.45, 2.75) is 44.8 Å². The lowest BCUT2D eigenvalue weighted by Gasteiger charge is -2.38. The largest absolute Gasteiger partial charge is 0.391 e. The third kappa shape index (κ3) is 4.01. The Bertz CT molecular complexity index is 338. The Morgan fingerprint density at radius 1 is 1.30 bits per heavy atom. The highest BCUT2D eigenvalue weighted by Gasteiger charge is 2.44. The molecule has 20 heavy (non-hydrogen) atoms. The van der Waals surface area contributed by atoms with Crippen LogP contribution in [-0.2, 0) is 4.79 Å². The molecule has 1 saturated heterocycles. The summed E-state index contributed by atoms with van der Waals surface area (Å²) in [7, 11) is 0. The molecule has 3 nitrogen and oxygen atoms in total. The molecule has 2 rings (SSSR count). The molecule has 0 bridgehead atoms. The van der Waals surface area contributed by atoms with Crippen LogP contribution < -0.4 is 5.32 Å². The lowest BCUT2D eigenvalue weighted by atomic mass is 9.80. The number of alkyl halides is 3. The third-order valence-electron chi connectivity index (χ3n) is 4.27. The average molecular weight is 315 g/mol. The first kappa shape index (κ1) is 17.6. The van der Waals surface area contributed by atoms with E-state index in [1.807, 2.05) is 6.92 Å². The van der Waals surface area contributed by atoms with Crippen LogP contribution >= 0.6 is 12.4 Å². The van der Waals surface area contributed by atoms with Crippen molar-refractivity contribution < 1.29 is 18.0 Å². The van der Waals surface area contributed by atoms with Crippen LogP contribution in [0, 0.1) is 11.8 Å². The van der Waals surface area contributed by atoms with Gasteiger partial charge in [0.05, 0.1) is 5.92 Å². The molecule has 0 aromatic carbocycles. The van der Waals surface area contributed by atoms with Gasteiger partial charge in [-0.25, -0.2) is 0 Å². The Balaban J connectivity index is 0.00000200. The fourth-order valence-corrected chi connectivity index (χ4v) is 3.11. The number of carbonyl (C=O) groups excluding carboxylic acids is 1. The molecule has 0 radical (unpaired) electrons. The first-order chi connectivity index (χ1) is 8.89. The van der Waals surface area contributed by atoms with Crippen molar-refractivity contribution in [3.63, 3.8) is 0 Å². The Hall–Kier alpha value is -0.490. The van der Waals surface area contributed by atoms with Gasteiger partial charge < -0.3 is 10.2 Å². The highest BCUT2D eigenvalue weighted by Crippen LogP contribution is 2.40. The summed E-state index contributed by atoms with van der Waals surface area (Å²) in [6.07, 6.45) is -2.92. The molecular formula is C13H22ClF3N2O. The van der Waals surface area contributed by atoms with Crippen molar-refractivity contribution in [2.24, 2.45) is 11.8 Å². The Labute approximate surface area is 123 Å². The number of nitrogens with zero attached hydrogens (tertiary/aromatic N) is 1. The van der Waals surface area contributed by atoms with Crippen LogP contribution in [0.25, 0.3) is 0 Å². The van der Waals surface area contributed by atoms with Crippen LogP contribution in [0.4, 0.5) is 13.2 Å².